The van der Waals surface area contributed by atoms with Crippen LogP contribution in [0.4, 0.5) is 10.5 Å². The number of primary amides is 1. The van der Waals surface area contributed by atoms with Crippen LogP contribution >= 0.6 is 11.6 Å². The average Bonchev–Trinajstić information content (AvgIpc) is 2.80. The number of halogens is 2. The molecule has 2 atom stereocenters. The van der Waals surface area contributed by atoms with Gasteiger partial charge in [0, 0.05) is 0 Å². The van der Waals surface area contributed by atoms with Gasteiger partial charge < -0.3 is 0 Å². The van der Waals surface area contributed by atoms with Crippen LogP contribution in [0, 0.1) is 0 Å². The molecule has 33 heavy (non-hydrogen) atoms. The van der Waals surface area contributed by atoms with E-state index in [1.54, 1.807) is 24.3 Å². The first kappa shape index (κ1) is 26.9. The van der Waals surface area contributed by atoms with Crippen LogP contribution in [0.2, 0.25) is 5.02 Å². The molecule has 0 saturated carbocycles. The molecule has 0 aliphatic carbocycles. The zero-order valence-electron chi connectivity index (χ0n) is 18.7. The maximum absolute atomic E-state index is 13.0. The minimum absolute atomic E-state index is 0.373. The van der Waals surface area contributed by atoms with Gasteiger partial charge in [0.15, 0.2) is 0 Å². The van der Waals surface area contributed by atoms with E-state index < -0.39 is 43.2 Å². The van der Waals surface area contributed by atoms with Gasteiger partial charge in [-0.05, 0) is 0 Å². The van der Waals surface area contributed by atoms with E-state index in [0.29, 0.717) is 23.6 Å². The molecule has 180 valence electrons. The number of aryl methyl sites for hydroxylation is 1. The number of nitrogens with one attached hydrogen (secondary N) is 3. The number of hydrogen-bond donors (Lipinski definition) is 4. The molecule has 0 aliphatic rings. The molecule has 2 unspecified atom stereocenters. The molecule has 0 bridgehead atoms. The van der Waals surface area contributed by atoms with Crippen molar-refractivity contribution in [3.8, 4) is 0 Å². The fraction of sp³-hybridized carbons (Fsp3) is 0.375. The first-order chi connectivity index (χ1) is 15.9. The summed E-state index contributed by atoms with van der Waals surface area (Å²) >= 11 is 5.21. The summed E-state index contributed by atoms with van der Waals surface area (Å²) in [5.74, 6) is -0.963. The van der Waals surface area contributed by atoms with E-state index in [0.717, 1.165) is 29.3 Å². The van der Waals surface area contributed by atoms with Crippen LogP contribution in [0.1, 0.15) is 38.2 Å². The number of benzene rings is 2. The topological polar surface area (TPSA) is 113 Å². The van der Waals surface area contributed by atoms with E-state index in [9.17, 15) is 14.4 Å². The minimum atomic E-state index is -0.805. The second-order valence-electron chi connectivity index (χ2n) is 7.51. The van der Waals surface area contributed by atoms with Gasteiger partial charge in [-0.25, -0.2) is 0 Å². The summed E-state index contributed by atoms with van der Waals surface area (Å²) in [6.07, 6.45) is 4.15. The van der Waals surface area contributed by atoms with Crippen molar-refractivity contribution in [1.82, 2.24) is 10.6 Å². The van der Waals surface area contributed by atoms with Crippen molar-refractivity contribution in [2.75, 3.05) is 9.74 Å². The van der Waals surface area contributed by atoms with E-state index >= 15 is 0 Å². The SMILES string of the molecule is CCCCC[I-]C(NC(=O)Nc1ccc(Cl)cc1)C(=O)NC(CCc1ccccc1)C(N)=O. The number of amides is 4. The third kappa shape index (κ3) is 10.4. The fourth-order valence-corrected chi connectivity index (χ4v) is 5.82. The van der Waals surface area contributed by atoms with Crippen molar-refractivity contribution in [3.63, 3.8) is 0 Å². The third-order valence-electron chi connectivity index (χ3n) is 4.82. The standard InChI is InChI=1S/C24H31ClIN4O3/c1-2-3-7-16-26-21(30-24(33)28-19-13-11-18(25)12-14-19)23(32)29-20(22(27)31)15-10-17-8-5-4-6-9-17/h4-6,8-9,11-14,20-21H,2-3,7,10,15-16H2,1H3,(H2,27,31)(H,29,32)(H2,28,30,33)/q-1. The second kappa shape index (κ2) is 14.7. The van der Waals surface area contributed by atoms with Crippen LogP contribution in [0.25, 0.3) is 0 Å². The first-order valence-electron chi connectivity index (χ1n) is 10.9. The normalized spacial score (nSPS) is 12.5. The first-order valence-corrected chi connectivity index (χ1v) is 14.1. The third-order valence-corrected chi connectivity index (χ3v) is 8.21. The zero-order valence-corrected chi connectivity index (χ0v) is 21.6. The molecule has 0 saturated heterocycles. The van der Waals surface area contributed by atoms with Gasteiger partial charge in [0.2, 0.25) is 0 Å². The number of unbranched alkanes of at least 4 members (excludes halogenated alkanes) is 2. The van der Waals surface area contributed by atoms with Gasteiger partial charge in [-0.2, -0.15) is 0 Å². The molecule has 0 heterocycles. The number of anilines is 1. The van der Waals surface area contributed by atoms with Crippen LogP contribution in [0.5, 0.6) is 0 Å². The molecule has 0 aromatic heterocycles. The molecular formula is C24H31ClIN4O3-. The molecule has 0 fully saturated rings. The summed E-state index contributed by atoms with van der Waals surface area (Å²) in [4.78, 5) is 37.5. The predicted octanol–water partition coefficient (Wildman–Crippen LogP) is 0.670. The molecule has 2 rings (SSSR count). The Kier molecular flexibility index (Phi) is 12.0. The summed E-state index contributed by atoms with van der Waals surface area (Å²) in [6.45, 7) is 2.12. The van der Waals surface area contributed by atoms with Crippen LogP contribution in [0.3, 0.4) is 0 Å². The van der Waals surface area contributed by atoms with E-state index in [1.807, 2.05) is 30.3 Å². The molecule has 0 radical (unpaired) electrons. The number of hydrogen-bond acceptors (Lipinski definition) is 3. The van der Waals surface area contributed by atoms with Crippen LogP contribution in [0.15, 0.2) is 54.6 Å². The predicted molar refractivity (Wildman–Crippen MR) is 128 cm³/mol. The molecule has 5 N–H and O–H groups in total. The Labute approximate surface area is 210 Å². The monoisotopic (exact) mass is 585 g/mol. The van der Waals surface area contributed by atoms with Crippen molar-refractivity contribution < 1.29 is 35.6 Å². The van der Waals surface area contributed by atoms with Crippen molar-refractivity contribution >= 4 is 35.1 Å². The van der Waals surface area contributed by atoms with Crippen molar-refractivity contribution in [3.05, 3.63) is 65.2 Å². The van der Waals surface area contributed by atoms with Gasteiger partial charge >= 0.3 is 211 Å². The number of alkyl halides is 2. The molecule has 9 heteroatoms. The maximum atomic E-state index is 13.0. The molecular weight excluding hydrogens is 555 g/mol. The van der Waals surface area contributed by atoms with E-state index in [1.165, 1.54) is 0 Å². The summed E-state index contributed by atoms with van der Waals surface area (Å²) in [5, 5.41) is 8.81. The molecule has 2 aromatic rings. The Morgan fingerprint density at radius 2 is 1.70 bits per heavy atom. The Bertz CT molecular complexity index is 896. The van der Waals surface area contributed by atoms with Gasteiger partial charge in [-0.15, -0.1) is 0 Å². The summed E-state index contributed by atoms with van der Waals surface area (Å²) < 4.78 is 0.212. The van der Waals surface area contributed by atoms with Gasteiger partial charge in [0.1, 0.15) is 0 Å². The Morgan fingerprint density at radius 1 is 1.00 bits per heavy atom. The molecule has 2 aromatic carbocycles. The number of carbonyl (C=O) groups is 3. The van der Waals surface area contributed by atoms with Crippen molar-refractivity contribution in [2.45, 2.75) is 49.1 Å². The zero-order chi connectivity index (χ0) is 24.1. The van der Waals surface area contributed by atoms with E-state index in [2.05, 4.69) is 22.9 Å². The molecule has 0 spiro atoms. The number of carbonyl (C=O) groups excluding carboxylic acids is 3. The summed E-state index contributed by atoms with van der Waals surface area (Å²) in [5.41, 5.74) is 7.17. The summed E-state index contributed by atoms with van der Waals surface area (Å²) in [6, 6.07) is 15.1. The second-order valence-corrected chi connectivity index (χ2v) is 11.1. The van der Waals surface area contributed by atoms with Crippen LogP contribution in [-0.4, -0.2) is 32.4 Å². The summed E-state index contributed by atoms with van der Waals surface area (Å²) in [7, 11) is 0. The van der Waals surface area contributed by atoms with Crippen LogP contribution in [-0.2, 0) is 16.0 Å². The molecule has 7 nitrogen and oxygen atoms in total. The number of urea groups is 1. The Balaban J connectivity index is 1.99. The molecule has 4 amide bonds. The van der Waals surface area contributed by atoms with E-state index in [4.69, 9.17) is 17.3 Å². The molecule has 0 aliphatic heterocycles. The quantitative estimate of drug-likeness (QED) is 0.120. The Hall–Kier alpha value is -2.33. The van der Waals surface area contributed by atoms with Gasteiger partial charge in [0.05, 0.1) is 0 Å². The van der Waals surface area contributed by atoms with Crippen molar-refractivity contribution in [2.24, 2.45) is 5.73 Å². The van der Waals surface area contributed by atoms with Gasteiger partial charge in [0.25, 0.3) is 0 Å². The van der Waals surface area contributed by atoms with Gasteiger partial charge in [-0.1, -0.05) is 0 Å². The number of nitrogens with two attached hydrogens (primary N) is 1. The van der Waals surface area contributed by atoms with Crippen molar-refractivity contribution in [1.29, 1.82) is 0 Å². The van der Waals surface area contributed by atoms with E-state index in [-0.39, 0.29) is 5.91 Å². The van der Waals surface area contributed by atoms with Crippen LogP contribution < -0.4 is 42.9 Å². The fourth-order valence-electron chi connectivity index (χ4n) is 3.01. The number of rotatable bonds is 13. The van der Waals surface area contributed by atoms with Gasteiger partial charge in [-0.3, -0.25) is 0 Å². The average molecular weight is 586 g/mol. The Morgan fingerprint density at radius 3 is 2.33 bits per heavy atom.